The number of hydrogen-bond donors (Lipinski definition) is 0. The summed E-state index contributed by atoms with van der Waals surface area (Å²) < 4.78 is 14.5. The first kappa shape index (κ1) is 8.96. The van der Waals surface area contributed by atoms with Crippen molar-refractivity contribution in [2.45, 2.75) is 0 Å². The molecule has 3 rings (SSSR count). The standard InChI is InChI=1S/C11H7FN4/c12-8-2-3-9(14-6-8)10-7-16-5-1-4-13-11(16)15-10/h1-7H. The Balaban J connectivity index is 2.15. The number of imidazole rings is 1. The van der Waals surface area contributed by atoms with Gasteiger partial charge in [0.1, 0.15) is 11.5 Å². The Morgan fingerprint density at radius 3 is 2.81 bits per heavy atom. The molecule has 0 saturated carbocycles. The molecule has 0 aliphatic carbocycles. The van der Waals surface area contributed by atoms with Crippen molar-refractivity contribution in [1.29, 1.82) is 0 Å². The van der Waals surface area contributed by atoms with Crippen LogP contribution in [-0.4, -0.2) is 19.4 Å². The molecule has 0 aromatic carbocycles. The molecule has 0 bridgehead atoms. The van der Waals surface area contributed by atoms with Gasteiger partial charge in [0, 0.05) is 18.6 Å². The fourth-order valence-electron chi connectivity index (χ4n) is 1.48. The zero-order valence-corrected chi connectivity index (χ0v) is 8.21. The van der Waals surface area contributed by atoms with Crippen molar-refractivity contribution in [1.82, 2.24) is 19.4 Å². The fraction of sp³-hybridized carbons (Fsp3) is 0. The molecule has 0 unspecified atom stereocenters. The van der Waals surface area contributed by atoms with E-state index in [4.69, 9.17) is 0 Å². The highest BCUT2D eigenvalue weighted by Crippen LogP contribution is 2.15. The SMILES string of the molecule is Fc1ccc(-c2cn3cccnc3n2)nc1. The molecule has 0 amide bonds. The summed E-state index contributed by atoms with van der Waals surface area (Å²) in [6.07, 6.45) is 6.50. The molecule has 16 heavy (non-hydrogen) atoms. The van der Waals surface area contributed by atoms with Crippen molar-refractivity contribution in [2.75, 3.05) is 0 Å². The molecule has 0 aliphatic rings. The summed E-state index contributed by atoms with van der Waals surface area (Å²) in [5.41, 5.74) is 1.31. The Kier molecular flexibility index (Phi) is 1.89. The second-order valence-corrected chi connectivity index (χ2v) is 3.31. The Morgan fingerprint density at radius 1 is 1.12 bits per heavy atom. The van der Waals surface area contributed by atoms with Crippen molar-refractivity contribution in [3.8, 4) is 11.4 Å². The maximum absolute atomic E-state index is 12.7. The lowest BCUT2D eigenvalue weighted by Crippen LogP contribution is -1.84. The largest absolute Gasteiger partial charge is 0.290 e. The molecule has 3 aromatic rings. The summed E-state index contributed by atoms with van der Waals surface area (Å²) in [5, 5.41) is 0. The van der Waals surface area contributed by atoms with Crippen LogP contribution in [0.15, 0.2) is 43.0 Å². The number of nitrogens with zero attached hydrogens (tertiary/aromatic N) is 4. The molecule has 5 heteroatoms. The number of rotatable bonds is 1. The molecule has 3 aromatic heterocycles. The van der Waals surface area contributed by atoms with Gasteiger partial charge in [-0.25, -0.2) is 14.4 Å². The van der Waals surface area contributed by atoms with Crippen LogP contribution in [-0.2, 0) is 0 Å². The molecule has 4 nitrogen and oxygen atoms in total. The monoisotopic (exact) mass is 214 g/mol. The number of halogens is 1. The maximum atomic E-state index is 12.7. The first-order valence-electron chi connectivity index (χ1n) is 4.74. The van der Waals surface area contributed by atoms with E-state index in [9.17, 15) is 4.39 Å². The first-order valence-corrected chi connectivity index (χ1v) is 4.74. The summed E-state index contributed by atoms with van der Waals surface area (Å²) in [6.45, 7) is 0. The van der Waals surface area contributed by atoms with Crippen molar-refractivity contribution < 1.29 is 4.39 Å². The van der Waals surface area contributed by atoms with E-state index in [-0.39, 0.29) is 5.82 Å². The van der Waals surface area contributed by atoms with E-state index in [1.165, 1.54) is 12.3 Å². The average molecular weight is 214 g/mol. The maximum Gasteiger partial charge on any atom is 0.234 e. The van der Waals surface area contributed by atoms with Crippen LogP contribution >= 0.6 is 0 Å². The van der Waals surface area contributed by atoms with Crippen LogP contribution in [0.4, 0.5) is 4.39 Å². The second-order valence-electron chi connectivity index (χ2n) is 3.31. The van der Waals surface area contributed by atoms with E-state index in [1.54, 1.807) is 16.7 Å². The summed E-state index contributed by atoms with van der Waals surface area (Å²) in [7, 11) is 0. The summed E-state index contributed by atoms with van der Waals surface area (Å²) in [6, 6.07) is 4.77. The highest BCUT2D eigenvalue weighted by atomic mass is 19.1. The van der Waals surface area contributed by atoms with E-state index in [0.717, 1.165) is 0 Å². The van der Waals surface area contributed by atoms with Gasteiger partial charge in [0.15, 0.2) is 0 Å². The highest BCUT2D eigenvalue weighted by Gasteiger charge is 2.05. The summed E-state index contributed by atoms with van der Waals surface area (Å²) in [4.78, 5) is 12.3. The van der Waals surface area contributed by atoms with Gasteiger partial charge in [-0.15, -0.1) is 0 Å². The normalized spacial score (nSPS) is 10.8. The van der Waals surface area contributed by atoms with Crippen LogP contribution in [0, 0.1) is 5.82 Å². The molecule has 0 saturated heterocycles. The third-order valence-electron chi connectivity index (χ3n) is 2.23. The van der Waals surface area contributed by atoms with Crippen molar-refractivity contribution in [2.24, 2.45) is 0 Å². The van der Waals surface area contributed by atoms with Crippen molar-refractivity contribution in [3.63, 3.8) is 0 Å². The zero-order valence-electron chi connectivity index (χ0n) is 8.21. The smallest absolute Gasteiger partial charge is 0.234 e. The molecule has 0 atom stereocenters. The quantitative estimate of drug-likeness (QED) is 0.621. The van der Waals surface area contributed by atoms with Gasteiger partial charge in [-0.05, 0) is 18.2 Å². The third-order valence-corrected chi connectivity index (χ3v) is 2.23. The Morgan fingerprint density at radius 2 is 2.06 bits per heavy atom. The molecule has 78 valence electrons. The topological polar surface area (TPSA) is 43.1 Å². The molecule has 0 radical (unpaired) electrons. The van der Waals surface area contributed by atoms with E-state index in [2.05, 4.69) is 15.0 Å². The Hall–Kier alpha value is -2.30. The van der Waals surface area contributed by atoms with Crippen LogP contribution < -0.4 is 0 Å². The predicted octanol–water partition coefficient (Wildman–Crippen LogP) is 1.93. The summed E-state index contributed by atoms with van der Waals surface area (Å²) in [5.74, 6) is 0.245. The van der Waals surface area contributed by atoms with Gasteiger partial charge < -0.3 is 0 Å². The predicted molar refractivity (Wildman–Crippen MR) is 56.2 cm³/mol. The molecular formula is C11H7FN4. The number of fused-ring (bicyclic) bond motifs is 1. The van der Waals surface area contributed by atoms with Crippen LogP contribution in [0.5, 0.6) is 0 Å². The van der Waals surface area contributed by atoms with E-state index < -0.39 is 0 Å². The minimum absolute atomic E-state index is 0.356. The number of hydrogen-bond acceptors (Lipinski definition) is 3. The average Bonchev–Trinajstić information content (AvgIpc) is 2.73. The lowest BCUT2D eigenvalue weighted by molar-refractivity contribution is 0.622. The third kappa shape index (κ3) is 1.42. The lowest BCUT2D eigenvalue weighted by atomic mass is 10.3. The van der Waals surface area contributed by atoms with Crippen LogP contribution in [0.25, 0.3) is 17.2 Å². The van der Waals surface area contributed by atoms with E-state index >= 15 is 0 Å². The van der Waals surface area contributed by atoms with Crippen molar-refractivity contribution in [3.05, 3.63) is 48.8 Å². The van der Waals surface area contributed by atoms with Gasteiger partial charge in [-0.1, -0.05) is 0 Å². The van der Waals surface area contributed by atoms with Gasteiger partial charge in [0.25, 0.3) is 0 Å². The number of pyridine rings is 1. The zero-order chi connectivity index (χ0) is 11.0. The van der Waals surface area contributed by atoms with E-state index in [1.807, 2.05) is 18.5 Å². The Bertz CT molecular complexity index is 597. The Labute approximate surface area is 90.4 Å². The lowest BCUT2D eigenvalue weighted by Gasteiger charge is -1.93. The van der Waals surface area contributed by atoms with Crippen molar-refractivity contribution >= 4 is 5.78 Å². The second kappa shape index (κ2) is 3.37. The van der Waals surface area contributed by atoms with Crippen LogP contribution in [0.1, 0.15) is 0 Å². The first-order chi connectivity index (χ1) is 7.83. The molecule has 3 heterocycles. The highest BCUT2D eigenvalue weighted by molar-refractivity contribution is 5.56. The minimum Gasteiger partial charge on any atom is -0.290 e. The van der Waals surface area contributed by atoms with Crippen LogP contribution in [0.3, 0.4) is 0 Å². The molecule has 0 aliphatic heterocycles. The van der Waals surface area contributed by atoms with Gasteiger partial charge >= 0.3 is 0 Å². The fourth-order valence-corrected chi connectivity index (χ4v) is 1.48. The van der Waals surface area contributed by atoms with Crippen LogP contribution in [0.2, 0.25) is 0 Å². The van der Waals surface area contributed by atoms with Gasteiger partial charge in [-0.3, -0.25) is 9.38 Å². The van der Waals surface area contributed by atoms with Gasteiger partial charge in [0.05, 0.1) is 11.9 Å². The summed E-state index contributed by atoms with van der Waals surface area (Å²) >= 11 is 0. The number of aromatic nitrogens is 4. The molecule has 0 N–H and O–H groups in total. The molecular weight excluding hydrogens is 207 g/mol. The van der Waals surface area contributed by atoms with Gasteiger partial charge in [0.2, 0.25) is 5.78 Å². The molecule has 0 spiro atoms. The minimum atomic E-state index is -0.356. The van der Waals surface area contributed by atoms with E-state index in [0.29, 0.717) is 17.2 Å². The van der Waals surface area contributed by atoms with Gasteiger partial charge in [-0.2, -0.15) is 0 Å². The molecule has 0 fully saturated rings.